The minimum atomic E-state index is -0.206. The van der Waals surface area contributed by atoms with Crippen LogP contribution in [0.3, 0.4) is 0 Å². The Balaban J connectivity index is 2.01. The van der Waals surface area contributed by atoms with Gasteiger partial charge in [-0.3, -0.25) is 0 Å². The third-order valence-corrected chi connectivity index (χ3v) is 4.41. The highest BCUT2D eigenvalue weighted by Gasteiger charge is 2.33. The molecule has 0 bridgehead atoms. The fraction of sp³-hybridized carbons (Fsp3) is 0.400. The summed E-state index contributed by atoms with van der Waals surface area (Å²) in [6, 6.07) is 6.01. The van der Waals surface area contributed by atoms with E-state index in [1.165, 1.54) is 5.56 Å². The quantitative estimate of drug-likeness (QED) is 0.914. The minimum Gasteiger partial charge on any atom is -0.487 e. The third-order valence-electron chi connectivity index (χ3n) is 3.36. The number of nitrogens with two attached hydrogens (primary N) is 1. The van der Waals surface area contributed by atoms with Crippen LogP contribution in [0.25, 0.3) is 0 Å². The van der Waals surface area contributed by atoms with Crippen LogP contribution >= 0.6 is 11.3 Å². The molecule has 0 spiro atoms. The van der Waals surface area contributed by atoms with E-state index in [1.807, 2.05) is 18.4 Å². The number of aromatic nitrogens is 1. The molecule has 3 nitrogen and oxygen atoms in total. The number of ether oxygens (including phenoxy) is 1. The van der Waals surface area contributed by atoms with E-state index >= 15 is 0 Å². The Morgan fingerprint density at radius 3 is 2.89 bits per heavy atom. The van der Waals surface area contributed by atoms with E-state index in [0.29, 0.717) is 0 Å². The maximum absolute atomic E-state index is 6.36. The number of aryl methyl sites for hydroxylation is 1. The SMILES string of the molecule is Cc1csc(C(N)c2cccc3c2OC(C)(C)C3)n1. The van der Waals surface area contributed by atoms with Crippen molar-refractivity contribution in [2.24, 2.45) is 5.73 Å². The molecule has 2 heterocycles. The van der Waals surface area contributed by atoms with Crippen LogP contribution in [0.2, 0.25) is 0 Å². The zero-order valence-corrected chi connectivity index (χ0v) is 12.3. The number of hydrogen-bond donors (Lipinski definition) is 1. The van der Waals surface area contributed by atoms with Crippen LogP contribution in [0.1, 0.15) is 41.7 Å². The van der Waals surface area contributed by atoms with Crippen molar-refractivity contribution in [1.29, 1.82) is 0 Å². The van der Waals surface area contributed by atoms with Crippen LogP contribution in [0, 0.1) is 6.92 Å². The fourth-order valence-corrected chi connectivity index (χ4v) is 3.35. The number of thiazole rings is 1. The summed E-state index contributed by atoms with van der Waals surface area (Å²) in [4.78, 5) is 4.49. The summed E-state index contributed by atoms with van der Waals surface area (Å²) in [6.45, 7) is 6.20. The van der Waals surface area contributed by atoms with Gasteiger partial charge in [-0.1, -0.05) is 18.2 Å². The van der Waals surface area contributed by atoms with Gasteiger partial charge in [0.05, 0.1) is 6.04 Å². The second-order valence-electron chi connectivity index (χ2n) is 5.68. The Morgan fingerprint density at radius 2 is 2.21 bits per heavy atom. The average Bonchev–Trinajstić information content (AvgIpc) is 2.89. The predicted molar refractivity (Wildman–Crippen MR) is 77.7 cm³/mol. The van der Waals surface area contributed by atoms with Crippen molar-refractivity contribution < 1.29 is 4.74 Å². The number of fused-ring (bicyclic) bond motifs is 1. The van der Waals surface area contributed by atoms with Crippen LogP contribution in [-0.4, -0.2) is 10.6 Å². The Hall–Kier alpha value is -1.39. The molecule has 100 valence electrons. The Labute approximate surface area is 117 Å². The van der Waals surface area contributed by atoms with Gasteiger partial charge in [0.25, 0.3) is 0 Å². The molecule has 1 atom stereocenters. The maximum Gasteiger partial charge on any atom is 0.128 e. The fourth-order valence-electron chi connectivity index (χ4n) is 2.53. The summed E-state index contributed by atoms with van der Waals surface area (Å²) in [5.74, 6) is 0.952. The number of rotatable bonds is 2. The zero-order chi connectivity index (χ0) is 13.6. The van der Waals surface area contributed by atoms with E-state index in [0.717, 1.165) is 28.4 Å². The number of hydrogen-bond acceptors (Lipinski definition) is 4. The van der Waals surface area contributed by atoms with E-state index in [4.69, 9.17) is 10.5 Å². The number of nitrogens with zero attached hydrogens (tertiary/aromatic N) is 1. The summed E-state index contributed by atoms with van der Waals surface area (Å²) < 4.78 is 6.07. The van der Waals surface area contributed by atoms with E-state index in [1.54, 1.807) is 11.3 Å². The van der Waals surface area contributed by atoms with Gasteiger partial charge in [0.2, 0.25) is 0 Å². The molecule has 0 aliphatic carbocycles. The summed E-state index contributed by atoms with van der Waals surface area (Å²) in [5, 5.41) is 2.97. The third kappa shape index (κ3) is 2.26. The Bertz CT molecular complexity index is 618. The second-order valence-corrected chi connectivity index (χ2v) is 6.57. The van der Waals surface area contributed by atoms with Crippen LogP contribution in [0.15, 0.2) is 23.6 Å². The van der Waals surface area contributed by atoms with Gasteiger partial charge in [0.1, 0.15) is 16.4 Å². The maximum atomic E-state index is 6.36. The zero-order valence-electron chi connectivity index (χ0n) is 11.4. The van der Waals surface area contributed by atoms with Crippen LogP contribution < -0.4 is 10.5 Å². The summed E-state index contributed by atoms with van der Waals surface area (Å²) >= 11 is 1.61. The van der Waals surface area contributed by atoms with E-state index < -0.39 is 0 Å². The second kappa shape index (κ2) is 4.32. The summed E-state index contributed by atoms with van der Waals surface area (Å²) in [5.41, 5.74) is 9.52. The first-order valence-corrected chi connectivity index (χ1v) is 7.33. The van der Waals surface area contributed by atoms with Gasteiger partial charge in [-0.25, -0.2) is 4.98 Å². The first kappa shape index (κ1) is 12.6. The predicted octanol–water partition coefficient (Wildman–Crippen LogP) is 3.21. The van der Waals surface area contributed by atoms with Gasteiger partial charge in [0, 0.05) is 23.1 Å². The van der Waals surface area contributed by atoms with Crippen LogP contribution in [-0.2, 0) is 6.42 Å². The molecule has 0 saturated heterocycles. The molecule has 1 unspecified atom stereocenters. The number of para-hydroxylation sites is 1. The first-order chi connectivity index (χ1) is 8.96. The normalized spacial score (nSPS) is 17.9. The molecule has 1 aliphatic rings. The molecule has 0 amide bonds. The molecule has 0 saturated carbocycles. The Kier molecular flexibility index (Phi) is 2.87. The Morgan fingerprint density at radius 1 is 1.42 bits per heavy atom. The number of benzene rings is 1. The highest BCUT2D eigenvalue weighted by atomic mass is 32.1. The van der Waals surface area contributed by atoms with Crippen molar-refractivity contribution in [1.82, 2.24) is 4.98 Å². The molecule has 0 radical (unpaired) electrons. The van der Waals surface area contributed by atoms with Gasteiger partial charge >= 0.3 is 0 Å². The monoisotopic (exact) mass is 274 g/mol. The van der Waals surface area contributed by atoms with Crippen LogP contribution in [0.4, 0.5) is 0 Å². The van der Waals surface area contributed by atoms with Crippen molar-refractivity contribution >= 4 is 11.3 Å². The lowest BCUT2D eigenvalue weighted by molar-refractivity contribution is 0.137. The smallest absolute Gasteiger partial charge is 0.128 e. The van der Waals surface area contributed by atoms with Gasteiger partial charge in [-0.15, -0.1) is 11.3 Å². The van der Waals surface area contributed by atoms with Gasteiger partial charge in [-0.2, -0.15) is 0 Å². The molecular formula is C15H18N2OS. The molecule has 4 heteroatoms. The minimum absolute atomic E-state index is 0.142. The molecule has 0 fully saturated rings. The lowest BCUT2D eigenvalue weighted by Crippen LogP contribution is -2.25. The van der Waals surface area contributed by atoms with Gasteiger partial charge in [0.15, 0.2) is 0 Å². The van der Waals surface area contributed by atoms with Crippen LogP contribution in [0.5, 0.6) is 5.75 Å². The lowest BCUT2D eigenvalue weighted by atomic mass is 9.98. The van der Waals surface area contributed by atoms with Crippen molar-refractivity contribution in [3.63, 3.8) is 0 Å². The standard InChI is InChI=1S/C15H18N2OS/c1-9-8-19-14(17-9)12(16)11-6-4-5-10-7-15(2,3)18-13(10)11/h4-6,8,12H,7,16H2,1-3H3. The topological polar surface area (TPSA) is 48.1 Å². The lowest BCUT2D eigenvalue weighted by Gasteiger charge is -2.19. The molecule has 1 aliphatic heterocycles. The highest BCUT2D eigenvalue weighted by molar-refractivity contribution is 7.09. The van der Waals surface area contributed by atoms with Gasteiger partial charge < -0.3 is 10.5 Å². The van der Waals surface area contributed by atoms with Crippen molar-refractivity contribution in [3.8, 4) is 5.75 Å². The first-order valence-electron chi connectivity index (χ1n) is 6.45. The summed E-state index contributed by atoms with van der Waals surface area (Å²) in [6.07, 6.45) is 0.930. The van der Waals surface area contributed by atoms with Crippen molar-refractivity contribution in [3.05, 3.63) is 45.4 Å². The highest BCUT2D eigenvalue weighted by Crippen LogP contribution is 2.41. The van der Waals surface area contributed by atoms with E-state index in [-0.39, 0.29) is 11.6 Å². The van der Waals surface area contributed by atoms with E-state index in [2.05, 4.69) is 31.0 Å². The van der Waals surface area contributed by atoms with Crippen molar-refractivity contribution in [2.45, 2.75) is 38.8 Å². The average molecular weight is 274 g/mol. The van der Waals surface area contributed by atoms with E-state index in [9.17, 15) is 0 Å². The molecule has 1 aromatic carbocycles. The summed E-state index contributed by atoms with van der Waals surface area (Å²) in [7, 11) is 0. The molecule has 1 aromatic heterocycles. The molecule has 2 N–H and O–H groups in total. The molecule has 2 aromatic rings. The molecule has 19 heavy (non-hydrogen) atoms. The largest absolute Gasteiger partial charge is 0.487 e. The molecule has 3 rings (SSSR count). The van der Waals surface area contributed by atoms with Gasteiger partial charge in [-0.05, 0) is 26.3 Å². The molecular weight excluding hydrogens is 256 g/mol. The van der Waals surface area contributed by atoms with Crippen molar-refractivity contribution in [2.75, 3.05) is 0 Å².